The number of halogens is 1. The SMILES string of the molecule is C=CCN=C(N)SCc1cccc(Cl)c1. The van der Waals surface area contributed by atoms with Gasteiger partial charge in [-0.1, -0.05) is 41.6 Å². The fourth-order valence-corrected chi connectivity index (χ4v) is 1.86. The fourth-order valence-electron chi connectivity index (χ4n) is 0.984. The van der Waals surface area contributed by atoms with E-state index >= 15 is 0 Å². The van der Waals surface area contributed by atoms with Crippen LogP contribution in [0, 0.1) is 0 Å². The third-order valence-corrected chi connectivity index (χ3v) is 2.79. The van der Waals surface area contributed by atoms with Gasteiger partial charge in [0.05, 0.1) is 6.54 Å². The van der Waals surface area contributed by atoms with Gasteiger partial charge in [-0.25, -0.2) is 0 Å². The third-order valence-electron chi connectivity index (χ3n) is 1.65. The summed E-state index contributed by atoms with van der Waals surface area (Å²) < 4.78 is 0. The van der Waals surface area contributed by atoms with E-state index in [0.717, 1.165) is 16.3 Å². The van der Waals surface area contributed by atoms with Crippen LogP contribution >= 0.6 is 23.4 Å². The van der Waals surface area contributed by atoms with E-state index in [9.17, 15) is 0 Å². The van der Waals surface area contributed by atoms with Crippen molar-refractivity contribution < 1.29 is 0 Å². The van der Waals surface area contributed by atoms with Crippen LogP contribution in [0.4, 0.5) is 0 Å². The highest BCUT2D eigenvalue weighted by molar-refractivity contribution is 8.13. The van der Waals surface area contributed by atoms with Crippen molar-refractivity contribution in [1.82, 2.24) is 0 Å². The molecule has 0 heterocycles. The summed E-state index contributed by atoms with van der Waals surface area (Å²) in [5, 5.41) is 1.32. The standard InChI is InChI=1S/C11H13ClN2S/c1-2-6-14-11(13)15-8-9-4-3-5-10(12)7-9/h2-5,7H,1,6,8H2,(H2,13,14). The normalized spacial score (nSPS) is 11.4. The maximum absolute atomic E-state index is 5.86. The molecule has 0 saturated carbocycles. The van der Waals surface area contributed by atoms with Crippen molar-refractivity contribution in [3.8, 4) is 0 Å². The molecular weight excluding hydrogens is 228 g/mol. The molecule has 0 aliphatic rings. The Kier molecular flexibility index (Phi) is 5.29. The van der Waals surface area contributed by atoms with Crippen molar-refractivity contribution in [2.75, 3.05) is 6.54 Å². The minimum Gasteiger partial charge on any atom is -0.379 e. The highest BCUT2D eigenvalue weighted by atomic mass is 35.5. The van der Waals surface area contributed by atoms with Gasteiger partial charge in [0.1, 0.15) is 0 Å². The van der Waals surface area contributed by atoms with Gasteiger partial charge in [-0.15, -0.1) is 6.58 Å². The highest BCUT2D eigenvalue weighted by Gasteiger charge is 1.97. The Bertz CT molecular complexity index is 363. The Morgan fingerprint density at radius 2 is 2.40 bits per heavy atom. The van der Waals surface area contributed by atoms with E-state index in [1.165, 1.54) is 11.8 Å². The van der Waals surface area contributed by atoms with Crippen molar-refractivity contribution in [2.45, 2.75) is 5.75 Å². The second kappa shape index (κ2) is 6.53. The van der Waals surface area contributed by atoms with Gasteiger partial charge in [0.25, 0.3) is 0 Å². The smallest absolute Gasteiger partial charge is 0.154 e. The van der Waals surface area contributed by atoms with Crippen LogP contribution in [0.15, 0.2) is 41.9 Å². The molecular formula is C11H13ClN2S. The van der Waals surface area contributed by atoms with Crippen LogP contribution in [0.1, 0.15) is 5.56 Å². The molecule has 0 spiro atoms. The van der Waals surface area contributed by atoms with Crippen LogP contribution in [0.3, 0.4) is 0 Å². The third kappa shape index (κ3) is 4.91. The molecule has 15 heavy (non-hydrogen) atoms. The van der Waals surface area contributed by atoms with Crippen molar-refractivity contribution in [3.05, 3.63) is 47.5 Å². The molecule has 0 aliphatic heterocycles. The molecule has 1 rings (SSSR count). The predicted molar refractivity (Wildman–Crippen MR) is 69.4 cm³/mol. The minimum absolute atomic E-state index is 0.564. The number of hydrogen-bond acceptors (Lipinski definition) is 2. The number of rotatable bonds is 4. The Hall–Kier alpha value is -0.930. The van der Waals surface area contributed by atoms with Gasteiger partial charge in [-0.05, 0) is 17.7 Å². The van der Waals surface area contributed by atoms with Crippen LogP contribution in [0.2, 0.25) is 5.02 Å². The van der Waals surface area contributed by atoms with E-state index in [2.05, 4.69) is 11.6 Å². The first-order valence-electron chi connectivity index (χ1n) is 4.50. The summed E-state index contributed by atoms with van der Waals surface area (Å²) in [4.78, 5) is 4.09. The number of amidine groups is 1. The number of thioether (sulfide) groups is 1. The van der Waals surface area contributed by atoms with E-state index < -0.39 is 0 Å². The second-order valence-corrected chi connectivity index (χ2v) is 4.32. The molecule has 2 N–H and O–H groups in total. The molecule has 1 aromatic rings. The molecule has 0 amide bonds. The fraction of sp³-hybridized carbons (Fsp3) is 0.182. The second-order valence-electron chi connectivity index (χ2n) is 2.89. The highest BCUT2D eigenvalue weighted by Crippen LogP contribution is 2.16. The Balaban J connectivity index is 2.46. The zero-order valence-corrected chi connectivity index (χ0v) is 9.89. The van der Waals surface area contributed by atoms with Crippen LogP contribution in [-0.2, 0) is 5.75 Å². The number of nitrogens with zero attached hydrogens (tertiary/aromatic N) is 1. The average molecular weight is 241 g/mol. The largest absolute Gasteiger partial charge is 0.379 e. The maximum Gasteiger partial charge on any atom is 0.154 e. The molecule has 0 aliphatic carbocycles. The number of aliphatic imine (C=N–C) groups is 1. The molecule has 0 radical (unpaired) electrons. The lowest BCUT2D eigenvalue weighted by molar-refractivity contribution is 1.25. The summed E-state index contributed by atoms with van der Waals surface area (Å²) in [5.41, 5.74) is 6.82. The average Bonchev–Trinajstić information content (AvgIpc) is 2.23. The summed E-state index contributed by atoms with van der Waals surface area (Å²) in [5.74, 6) is 0.785. The topological polar surface area (TPSA) is 38.4 Å². The Morgan fingerprint density at radius 1 is 1.60 bits per heavy atom. The molecule has 1 aromatic carbocycles. The van der Waals surface area contributed by atoms with E-state index in [-0.39, 0.29) is 0 Å². The van der Waals surface area contributed by atoms with Crippen LogP contribution in [0.5, 0.6) is 0 Å². The first-order valence-corrected chi connectivity index (χ1v) is 5.87. The summed E-state index contributed by atoms with van der Waals surface area (Å²) in [6.45, 7) is 4.14. The summed E-state index contributed by atoms with van der Waals surface area (Å²) in [6, 6.07) is 7.72. The summed E-state index contributed by atoms with van der Waals surface area (Å²) >= 11 is 7.36. The van der Waals surface area contributed by atoms with Gasteiger partial charge in [-0.2, -0.15) is 0 Å². The van der Waals surface area contributed by atoms with Crippen molar-refractivity contribution in [1.29, 1.82) is 0 Å². The summed E-state index contributed by atoms with van der Waals surface area (Å²) in [7, 11) is 0. The minimum atomic E-state index is 0.564. The number of nitrogens with two attached hydrogens (primary N) is 1. The molecule has 0 atom stereocenters. The molecule has 0 saturated heterocycles. The lowest BCUT2D eigenvalue weighted by atomic mass is 10.2. The first kappa shape index (κ1) is 12.1. The first-order chi connectivity index (χ1) is 7.22. The van der Waals surface area contributed by atoms with Gasteiger partial charge in [0.2, 0.25) is 0 Å². The van der Waals surface area contributed by atoms with Gasteiger partial charge in [0.15, 0.2) is 5.17 Å². The number of hydrogen-bond donors (Lipinski definition) is 1. The Morgan fingerprint density at radius 3 is 3.07 bits per heavy atom. The lowest BCUT2D eigenvalue weighted by Crippen LogP contribution is -2.07. The van der Waals surface area contributed by atoms with Crippen LogP contribution in [-0.4, -0.2) is 11.7 Å². The van der Waals surface area contributed by atoms with E-state index in [4.69, 9.17) is 17.3 Å². The van der Waals surface area contributed by atoms with Crippen molar-refractivity contribution >= 4 is 28.5 Å². The summed E-state index contributed by atoms with van der Waals surface area (Å²) in [6.07, 6.45) is 1.72. The van der Waals surface area contributed by atoms with Gasteiger partial charge in [-0.3, -0.25) is 4.99 Å². The van der Waals surface area contributed by atoms with Crippen molar-refractivity contribution in [2.24, 2.45) is 10.7 Å². The van der Waals surface area contributed by atoms with Gasteiger partial charge in [0, 0.05) is 10.8 Å². The lowest BCUT2D eigenvalue weighted by Gasteiger charge is -2.01. The molecule has 0 fully saturated rings. The van der Waals surface area contributed by atoms with E-state index in [1.54, 1.807) is 6.08 Å². The predicted octanol–water partition coefficient (Wildman–Crippen LogP) is 3.07. The maximum atomic E-state index is 5.86. The zero-order chi connectivity index (χ0) is 11.1. The van der Waals surface area contributed by atoms with E-state index in [0.29, 0.717) is 11.7 Å². The molecule has 0 unspecified atom stereocenters. The van der Waals surface area contributed by atoms with Gasteiger partial charge < -0.3 is 5.73 Å². The van der Waals surface area contributed by atoms with Crippen molar-refractivity contribution in [3.63, 3.8) is 0 Å². The van der Waals surface area contributed by atoms with Gasteiger partial charge >= 0.3 is 0 Å². The number of benzene rings is 1. The molecule has 4 heteroatoms. The molecule has 0 bridgehead atoms. The van der Waals surface area contributed by atoms with Crippen LogP contribution in [0.25, 0.3) is 0 Å². The van der Waals surface area contributed by atoms with E-state index in [1.807, 2.05) is 24.3 Å². The quantitative estimate of drug-likeness (QED) is 0.499. The zero-order valence-electron chi connectivity index (χ0n) is 8.32. The molecule has 80 valence electrons. The molecule has 0 aromatic heterocycles. The molecule has 2 nitrogen and oxygen atoms in total. The van der Waals surface area contributed by atoms with Crippen LogP contribution < -0.4 is 5.73 Å². The Labute approximate surface area is 99.2 Å². The monoisotopic (exact) mass is 240 g/mol.